The third kappa shape index (κ3) is 2.70. The van der Waals surface area contributed by atoms with Crippen molar-refractivity contribution in [1.29, 1.82) is 0 Å². The lowest BCUT2D eigenvalue weighted by Gasteiger charge is -2.11. The zero-order valence-electron chi connectivity index (χ0n) is 9.12. The van der Waals surface area contributed by atoms with Crippen molar-refractivity contribution in [2.45, 2.75) is 12.7 Å². The molecule has 4 N–H and O–H groups in total. The molecule has 0 aromatic carbocycles. The lowest BCUT2D eigenvalue weighted by Crippen LogP contribution is -2.10. The first kappa shape index (κ1) is 12.2. The molecule has 0 amide bonds. The highest BCUT2D eigenvalue weighted by Gasteiger charge is 2.32. The van der Waals surface area contributed by atoms with E-state index in [1.807, 2.05) is 0 Å². The average Bonchev–Trinajstić information content (AvgIpc) is 2.79. The molecule has 5 nitrogen and oxygen atoms in total. The van der Waals surface area contributed by atoms with Crippen molar-refractivity contribution in [2.75, 3.05) is 11.1 Å². The molecule has 0 saturated heterocycles. The molecule has 0 saturated carbocycles. The first-order valence-corrected chi connectivity index (χ1v) is 5.01. The second-order valence-electron chi connectivity index (χ2n) is 3.61. The van der Waals surface area contributed by atoms with Crippen LogP contribution in [0.5, 0.6) is 0 Å². The van der Waals surface area contributed by atoms with Gasteiger partial charge in [-0.3, -0.25) is 5.10 Å². The number of alkyl halides is 3. The fourth-order valence-electron chi connectivity index (χ4n) is 1.35. The summed E-state index contributed by atoms with van der Waals surface area (Å²) in [5.41, 5.74) is 5.73. The van der Waals surface area contributed by atoms with Gasteiger partial charge in [-0.2, -0.15) is 18.3 Å². The van der Waals surface area contributed by atoms with Gasteiger partial charge < -0.3 is 11.1 Å². The van der Waals surface area contributed by atoms with Gasteiger partial charge >= 0.3 is 6.18 Å². The van der Waals surface area contributed by atoms with Gasteiger partial charge in [0.25, 0.3) is 0 Å². The van der Waals surface area contributed by atoms with Crippen molar-refractivity contribution < 1.29 is 13.2 Å². The Balaban J connectivity index is 2.16. The van der Waals surface area contributed by atoms with E-state index in [1.165, 1.54) is 0 Å². The zero-order chi connectivity index (χ0) is 13.2. The van der Waals surface area contributed by atoms with Crippen LogP contribution in [-0.2, 0) is 12.7 Å². The number of halogens is 3. The third-order valence-electron chi connectivity index (χ3n) is 2.26. The van der Waals surface area contributed by atoms with E-state index in [2.05, 4.69) is 20.5 Å². The molecule has 0 aliphatic heterocycles. The Bertz CT molecular complexity index is 521. The van der Waals surface area contributed by atoms with Gasteiger partial charge in [0.05, 0.1) is 23.8 Å². The lowest BCUT2D eigenvalue weighted by atomic mass is 10.2. The van der Waals surface area contributed by atoms with Gasteiger partial charge in [-0.05, 0) is 6.07 Å². The normalized spacial score (nSPS) is 11.5. The summed E-state index contributed by atoms with van der Waals surface area (Å²) in [5.74, 6) is 0. The van der Waals surface area contributed by atoms with Crippen LogP contribution in [0.25, 0.3) is 0 Å². The summed E-state index contributed by atoms with van der Waals surface area (Å²) in [4.78, 5) is 3.25. The molecule has 8 heteroatoms. The van der Waals surface area contributed by atoms with E-state index >= 15 is 0 Å². The summed E-state index contributed by atoms with van der Waals surface area (Å²) >= 11 is 0. The Morgan fingerprint density at radius 3 is 2.72 bits per heavy atom. The molecule has 0 unspecified atom stereocenters. The predicted molar refractivity (Wildman–Crippen MR) is 59.6 cm³/mol. The predicted octanol–water partition coefficient (Wildman–Crippen LogP) is 2.02. The number of rotatable bonds is 3. The highest BCUT2D eigenvalue weighted by atomic mass is 19.4. The van der Waals surface area contributed by atoms with Crippen LogP contribution < -0.4 is 11.1 Å². The first-order chi connectivity index (χ1) is 8.47. The minimum Gasteiger partial charge on any atom is -0.396 e. The molecule has 2 rings (SSSR count). The molecular formula is C10H10F3N5. The lowest BCUT2D eigenvalue weighted by molar-refractivity contribution is -0.141. The molecule has 2 aromatic heterocycles. The molecule has 0 spiro atoms. The number of nitrogens with zero attached hydrogens (tertiary/aromatic N) is 2. The number of hydrogen-bond acceptors (Lipinski definition) is 4. The Labute approximate surface area is 100 Å². The average molecular weight is 257 g/mol. The Morgan fingerprint density at radius 1 is 1.33 bits per heavy atom. The SMILES string of the molecule is Nc1cnc(C(F)(F)F)cc1NCc1cn[nH]c1. The molecular weight excluding hydrogens is 247 g/mol. The fourth-order valence-corrected chi connectivity index (χ4v) is 1.35. The summed E-state index contributed by atoms with van der Waals surface area (Å²) in [6.07, 6.45) is -0.301. The van der Waals surface area contributed by atoms with Crippen LogP contribution in [0.15, 0.2) is 24.7 Å². The molecule has 0 atom stereocenters. The number of nitrogens with two attached hydrogens (primary N) is 1. The van der Waals surface area contributed by atoms with Gasteiger partial charge in [0.15, 0.2) is 0 Å². The van der Waals surface area contributed by atoms with Crippen LogP contribution >= 0.6 is 0 Å². The molecule has 0 aliphatic carbocycles. The summed E-state index contributed by atoms with van der Waals surface area (Å²) in [5, 5.41) is 9.13. The number of H-pyrrole nitrogens is 1. The number of anilines is 2. The van der Waals surface area contributed by atoms with E-state index in [0.717, 1.165) is 17.8 Å². The smallest absolute Gasteiger partial charge is 0.396 e. The van der Waals surface area contributed by atoms with Crippen LogP contribution in [0.1, 0.15) is 11.3 Å². The maximum absolute atomic E-state index is 12.5. The number of nitrogen functional groups attached to an aromatic ring is 1. The fraction of sp³-hybridized carbons (Fsp3) is 0.200. The van der Waals surface area contributed by atoms with Gasteiger partial charge in [-0.1, -0.05) is 0 Å². The standard InChI is InChI=1S/C10H10F3N5/c11-10(12,13)9-1-8(7(14)5-16-9)15-2-6-3-17-18-4-6/h1,3-5H,2,14H2,(H,15,16)(H,17,18). The number of pyridine rings is 1. The second-order valence-corrected chi connectivity index (χ2v) is 3.61. The molecule has 2 heterocycles. The van der Waals surface area contributed by atoms with E-state index in [4.69, 9.17) is 5.73 Å². The Kier molecular flexibility index (Phi) is 3.09. The van der Waals surface area contributed by atoms with Crippen molar-refractivity contribution in [2.24, 2.45) is 0 Å². The highest BCUT2D eigenvalue weighted by molar-refractivity contribution is 5.65. The molecule has 0 fully saturated rings. The molecule has 0 radical (unpaired) electrons. The molecule has 0 aliphatic rings. The van der Waals surface area contributed by atoms with Crippen LogP contribution in [-0.4, -0.2) is 15.2 Å². The van der Waals surface area contributed by atoms with Crippen molar-refractivity contribution in [3.63, 3.8) is 0 Å². The van der Waals surface area contributed by atoms with Gasteiger partial charge in [0, 0.05) is 18.3 Å². The third-order valence-corrected chi connectivity index (χ3v) is 2.26. The van der Waals surface area contributed by atoms with E-state index in [-0.39, 0.29) is 11.4 Å². The molecule has 96 valence electrons. The van der Waals surface area contributed by atoms with Crippen molar-refractivity contribution >= 4 is 11.4 Å². The molecule has 18 heavy (non-hydrogen) atoms. The van der Waals surface area contributed by atoms with Crippen LogP contribution in [0.3, 0.4) is 0 Å². The monoisotopic (exact) mass is 257 g/mol. The number of aromatic nitrogens is 3. The number of nitrogens with one attached hydrogen (secondary N) is 2. The highest BCUT2D eigenvalue weighted by Crippen LogP contribution is 2.31. The zero-order valence-corrected chi connectivity index (χ0v) is 9.12. The Morgan fingerprint density at radius 2 is 2.11 bits per heavy atom. The summed E-state index contributed by atoms with van der Waals surface area (Å²) in [7, 11) is 0. The van der Waals surface area contributed by atoms with Crippen molar-refractivity contribution in [3.8, 4) is 0 Å². The van der Waals surface area contributed by atoms with Gasteiger partial charge in [0.2, 0.25) is 0 Å². The summed E-state index contributed by atoms with van der Waals surface area (Å²) < 4.78 is 37.4. The maximum Gasteiger partial charge on any atom is 0.433 e. The van der Waals surface area contributed by atoms with Gasteiger partial charge in [-0.25, -0.2) is 4.98 Å². The van der Waals surface area contributed by atoms with Crippen LogP contribution in [0.2, 0.25) is 0 Å². The largest absolute Gasteiger partial charge is 0.433 e. The van der Waals surface area contributed by atoms with Gasteiger partial charge in [-0.15, -0.1) is 0 Å². The van der Waals surface area contributed by atoms with E-state index in [1.54, 1.807) is 12.4 Å². The quantitative estimate of drug-likeness (QED) is 0.785. The minimum absolute atomic E-state index is 0.159. The van der Waals surface area contributed by atoms with Crippen molar-refractivity contribution in [3.05, 3.63) is 35.9 Å². The van der Waals surface area contributed by atoms with Crippen LogP contribution in [0.4, 0.5) is 24.5 Å². The van der Waals surface area contributed by atoms with Crippen molar-refractivity contribution in [1.82, 2.24) is 15.2 Å². The van der Waals surface area contributed by atoms with E-state index < -0.39 is 11.9 Å². The number of hydrogen-bond donors (Lipinski definition) is 3. The molecule has 0 bridgehead atoms. The second kappa shape index (κ2) is 4.55. The van der Waals surface area contributed by atoms with Crippen LogP contribution in [0, 0.1) is 0 Å². The minimum atomic E-state index is -4.49. The maximum atomic E-state index is 12.5. The van der Waals surface area contributed by atoms with Gasteiger partial charge in [0.1, 0.15) is 5.69 Å². The number of aromatic amines is 1. The Hall–Kier alpha value is -2.25. The summed E-state index contributed by atoms with van der Waals surface area (Å²) in [6.45, 7) is 0.321. The topological polar surface area (TPSA) is 79.6 Å². The van der Waals surface area contributed by atoms with E-state index in [0.29, 0.717) is 6.54 Å². The van der Waals surface area contributed by atoms with E-state index in [9.17, 15) is 13.2 Å². The molecule has 2 aromatic rings. The first-order valence-electron chi connectivity index (χ1n) is 5.01. The summed E-state index contributed by atoms with van der Waals surface area (Å²) in [6, 6.07) is 0.884.